The second-order valence-electron chi connectivity index (χ2n) is 12.4. The molecule has 0 N–H and O–H groups in total. The van der Waals surface area contributed by atoms with E-state index in [1.54, 1.807) is 0 Å². The van der Waals surface area contributed by atoms with Gasteiger partial charge in [-0.1, -0.05) is 140 Å². The molecule has 0 saturated carbocycles. The van der Waals surface area contributed by atoms with Crippen LogP contribution in [0.1, 0.15) is 0 Å². The van der Waals surface area contributed by atoms with Crippen molar-refractivity contribution in [3.05, 3.63) is 170 Å². The molecule has 0 aliphatic carbocycles. The molecule has 0 fully saturated rings. The molecule has 234 valence electrons. The Morgan fingerprint density at radius 1 is 0.400 bits per heavy atom. The molecule has 0 aliphatic heterocycles. The molecule has 0 unspecified atom stereocenters. The van der Waals surface area contributed by atoms with E-state index in [2.05, 4.69) is 138 Å². The summed E-state index contributed by atoms with van der Waals surface area (Å²) in [6.45, 7) is 0. The van der Waals surface area contributed by atoms with Crippen molar-refractivity contribution in [2.75, 3.05) is 0 Å². The minimum absolute atomic E-state index is 0.624. The minimum Gasteiger partial charge on any atom is -0.308 e. The highest BCUT2D eigenvalue weighted by Gasteiger charge is 2.22. The number of aromatic nitrogens is 4. The Kier molecular flexibility index (Phi) is 6.64. The molecule has 5 heteroatoms. The van der Waals surface area contributed by atoms with Crippen LogP contribution in [0.15, 0.2) is 170 Å². The predicted octanol–water partition coefficient (Wildman–Crippen LogP) is 12.0. The van der Waals surface area contributed by atoms with Crippen LogP contribution in [0, 0.1) is 0 Å². The molecule has 10 rings (SSSR count). The lowest BCUT2D eigenvalue weighted by molar-refractivity contribution is 1.06. The topological polar surface area (TPSA) is 43.6 Å². The lowest BCUT2D eigenvalue weighted by atomic mass is 10.0. The maximum absolute atomic E-state index is 5.21. The van der Waals surface area contributed by atoms with Gasteiger partial charge < -0.3 is 4.57 Å². The summed E-state index contributed by atoms with van der Waals surface area (Å²) in [5.74, 6) is 1.90. The van der Waals surface area contributed by atoms with Crippen LogP contribution in [0.4, 0.5) is 0 Å². The fourth-order valence-corrected chi connectivity index (χ4v) is 8.40. The lowest BCUT2D eigenvalue weighted by Crippen LogP contribution is -2.04. The van der Waals surface area contributed by atoms with Gasteiger partial charge in [0, 0.05) is 47.6 Å². The largest absolute Gasteiger partial charge is 0.308 e. The lowest BCUT2D eigenvalue weighted by Gasteiger charge is -2.16. The molecular formula is C45H28N4S. The molecule has 0 amide bonds. The van der Waals surface area contributed by atoms with Gasteiger partial charge in [0.05, 0.1) is 16.7 Å². The molecule has 0 radical (unpaired) electrons. The number of thiophene rings is 1. The van der Waals surface area contributed by atoms with E-state index in [0.717, 1.165) is 44.5 Å². The highest BCUT2D eigenvalue weighted by Crippen LogP contribution is 2.44. The average Bonchev–Trinajstić information content (AvgIpc) is 3.74. The van der Waals surface area contributed by atoms with Crippen molar-refractivity contribution in [1.82, 2.24) is 19.5 Å². The summed E-state index contributed by atoms with van der Waals surface area (Å²) < 4.78 is 5.00. The Morgan fingerprint density at radius 2 is 0.980 bits per heavy atom. The molecule has 3 heterocycles. The van der Waals surface area contributed by atoms with E-state index in [-0.39, 0.29) is 0 Å². The molecule has 0 spiro atoms. The van der Waals surface area contributed by atoms with Gasteiger partial charge in [-0.3, -0.25) is 0 Å². The third-order valence-corrected chi connectivity index (χ3v) is 10.7. The molecule has 4 nitrogen and oxygen atoms in total. The van der Waals surface area contributed by atoms with Crippen LogP contribution in [0.5, 0.6) is 0 Å². The van der Waals surface area contributed by atoms with E-state index >= 15 is 0 Å². The zero-order valence-corrected chi connectivity index (χ0v) is 27.7. The number of benzene rings is 7. The molecule has 7 aromatic carbocycles. The van der Waals surface area contributed by atoms with E-state index in [1.807, 2.05) is 47.7 Å². The molecule has 0 saturated heterocycles. The van der Waals surface area contributed by atoms with Gasteiger partial charge in [-0.25, -0.2) is 15.0 Å². The number of fused-ring (bicyclic) bond motifs is 7. The first-order valence-corrected chi connectivity index (χ1v) is 17.5. The number of hydrogen-bond acceptors (Lipinski definition) is 4. The van der Waals surface area contributed by atoms with Gasteiger partial charge in [0.1, 0.15) is 0 Å². The average molecular weight is 657 g/mol. The monoisotopic (exact) mass is 656 g/mol. The summed E-state index contributed by atoms with van der Waals surface area (Å²) in [6, 6.07) is 59.5. The summed E-state index contributed by atoms with van der Waals surface area (Å²) in [6.07, 6.45) is 0. The van der Waals surface area contributed by atoms with E-state index in [9.17, 15) is 0 Å². The number of para-hydroxylation sites is 1. The van der Waals surface area contributed by atoms with Crippen LogP contribution in [-0.2, 0) is 0 Å². The van der Waals surface area contributed by atoms with Crippen molar-refractivity contribution in [2.24, 2.45) is 0 Å². The standard InChI is InChI=1S/C45H28N4S/c1-4-14-29(15-5-1)32-24-26-38(36(28-32)45-47-43(30-16-6-2-7-17-30)46-44(48-45)31-18-8-3-9-19-31)49-37-22-12-10-21-35(37)41-39(49)27-25-34-33-20-11-13-23-40(33)50-42(34)41/h1-28H. The van der Waals surface area contributed by atoms with Crippen LogP contribution in [-0.4, -0.2) is 19.5 Å². The molecule has 10 aromatic rings. The first-order chi connectivity index (χ1) is 24.8. The van der Waals surface area contributed by atoms with E-state index < -0.39 is 0 Å². The van der Waals surface area contributed by atoms with Crippen molar-refractivity contribution in [3.8, 4) is 51.0 Å². The van der Waals surface area contributed by atoms with Crippen molar-refractivity contribution in [3.63, 3.8) is 0 Å². The summed E-state index contributed by atoms with van der Waals surface area (Å²) >= 11 is 1.87. The van der Waals surface area contributed by atoms with Gasteiger partial charge in [-0.15, -0.1) is 11.3 Å². The van der Waals surface area contributed by atoms with Crippen molar-refractivity contribution < 1.29 is 0 Å². The Hall–Kier alpha value is -6.43. The van der Waals surface area contributed by atoms with Crippen LogP contribution in [0.2, 0.25) is 0 Å². The third kappa shape index (κ3) is 4.63. The number of hydrogen-bond donors (Lipinski definition) is 0. The first-order valence-electron chi connectivity index (χ1n) is 16.7. The maximum Gasteiger partial charge on any atom is 0.166 e. The molecule has 0 atom stereocenters. The highest BCUT2D eigenvalue weighted by atomic mass is 32.1. The van der Waals surface area contributed by atoms with E-state index in [4.69, 9.17) is 15.0 Å². The normalized spacial score (nSPS) is 11.6. The fraction of sp³-hybridized carbons (Fsp3) is 0. The number of rotatable bonds is 5. The molecule has 3 aromatic heterocycles. The Bertz CT molecular complexity index is 2800. The van der Waals surface area contributed by atoms with Gasteiger partial charge in [-0.2, -0.15) is 0 Å². The van der Waals surface area contributed by atoms with Crippen LogP contribution < -0.4 is 0 Å². The van der Waals surface area contributed by atoms with Gasteiger partial charge >= 0.3 is 0 Å². The minimum atomic E-state index is 0.624. The van der Waals surface area contributed by atoms with Crippen LogP contribution in [0.25, 0.3) is 93.0 Å². The maximum atomic E-state index is 5.21. The first kappa shape index (κ1) is 28.6. The Balaban J connectivity index is 1.30. The van der Waals surface area contributed by atoms with Gasteiger partial charge in [0.2, 0.25) is 0 Å². The second-order valence-corrected chi connectivity index (χ2v) is 13.5. The Morgan fingerprint density at radius 3 is 1.68 bits per heavy atom. The van der Waals surface area contributed by atoms with Gasteiger partial charge in [-0.05, 0) is 41.5 Å². The van der Waals surface area contributed by atoms with Crippen molar-refractivity contribution in [2.45, 2.75) is 0 Å². The van der Waals surface area contributed by atoms with E-state index in [1.165, 1.54) is 30.9 Å². The summed E-state index contributed by atoms with van der Waals surface area (Å²) in [7, 11) is 0. The molecular weight excluding hydrogens is 629 g/mol. The fourth-order valence-electron chi connectivity index (χ4n) is 7.14. The van der Waals surface area contributed by atoms with Crippen molar-refractivity contribution >= 4 is 53.3 Å². The summed E-state index contributed by atoms with van der Waals surface area (Å²) in [5.41, 5.74) is 8.36. The van der Waals surface area contributed by atoms with Gasteiger partial charge in [0.25, 0.3) is 0 Å². The third-order valence-electron chi connectivity index (χ3n) is 9.47. The van der Waals surface area contributed by atoms with Crippen molar-refractivity contribution in [1.29, 1.82) is 0 Å². The smallest absolute Gasteiger partial charge is 0.166 e. The summed E-state index contributed by atoms with van der Waals surface area (Å²) in [4.78, 5) is 15.4. The predicted molar refractivity (Wildman–Crippen MR) is 209 cm³/mol. The highest BCUT2D eigenvalue weighted by molar-refractivity contribution is 7.26. The Labute approximate surface area is 292 Å². The summed E-state index contributed by atoms with van der Waals surface area (Å²) in [5, 5.41) is 5.08. The van der Waals surface area contributed by atoms with Gasteiger partial charge in [0.15, 0.2) is 17.5 Å². The molecule has 0 bridgehead atoms. The van der Waals surface area contributed by atoms with E-state index in [0.29, 0.717) is 17.5 Å². The zero-order chi connectivity index (χ0) is 33.0. The molecule has 50 heavy (non-hydrogen) atoms. The molecule has 0 aliphatic rings. The SMILES string of the molecule is c1ccc(-c2ccc(-n3c4ccccc4c4c5sc6ccccc6c5ccc43)c(-c3nc(-c4ccccc4)nc(-c4ccccc4)n3)c2)cc1. The zero-order valence-electron chi connectivity index (χ0n) is 26.9. The number of nitrogens with zero attached hydrogens (tertiary/aromatic N) is 4. The van der Waals surface area contributed by atoms with Crippen LogP contribution in [0.3, 0.4) is 0 Å². The quantitative estimate of drug-likeness (QED) is 0.185. The van der Waals surface area contributed by atoms with Crippen LogP contribution >= 0.6 is 11.3 Å². The second kappa shape index (κ2) is 11.6.